The fourth-order valence-electron chi connectivity index (χ4n) is 1.27. The number of benzene rings is 1. The van der Waals surface area contributed by atoms with Gasteiger partial charge in [0.1, 0.15) is 0 Å². The summed E-state index contributed by atoms with van der Waals surface area (Å²) < 4.78 is 41.7. The smallest absolute Gasteiger partial charge is 0.416 e. The predicted octanol–water partition coefficient (Wildman–Crippen LogP) is 2.80. The van der Waals surface area contributed by atoms with Crippen molar-refractivity contribution in [3.05, 3.63) is 34.9 Å². The van der Waals surface area contributed by atoms with Crippen molar-refractivity contribution in [3.8, 4) is 0 Å². The van der Waals surface area contributed by atoms with E-state index in [1.165, 1.54) is 19.1 Å². The van der Waals surface area contributed by atoms with Crippen molar-refractivity contribution < 1.29 is 22.7 Å². The zero-order chi connectivity index (χ0) is 11.6. The standard InChI is InChI=1S/C10H9F3O2/c1-6-7(9(14)15-2)4-3-5-8(6)10(11,12)13/h3-5H,1-2H3. The molecule has 0 aliphatic carbocycles. The Balaban J connectivity index is 3.30. The molecule has 0 spiro atoms. The van der Waals surface area contributed by atoms with Crippen LogP contribution in [0.2, 0.25) is 0 Å². The van der Waals surface area contributed by atoms with E-state index in [-0.39, 0.29) is 11.1 Å². The van der Waals surface area contributed by atoms with Gasteiger partial charge in [-0.05, 0) is 24.6 Å². The van der Waals surface area contributed by atoms with Crippen LogP contribution in [0.1, 0.15) is 21.5 Å². The van der Waals surface area contributed by atoms with Crippen molar-refractivity contribution in [1.82, 2.24) is 0 Å². The van der Waals surface area contributed by atoms with Crippen LogP contribution in [0.4, 0.5) is 13.2 Å². The monoisotopic (exact) mass is 218 g/mol. The van der Waals surface area contributed by atoms with Crippen molar-refractivity contribution >= 4 is 5.97 Å². The van der Waals surface area contributed by atoms with Gasteiger partial charge < -0.3 is 4.74 Å². The third-order valence-corrected chi connectivity index (χ3v) is 2.04. The third kappa shape index (κ3) is 2.29. The second-order valence-corrected chi connectivity index (χ2v) is 2.97. The molecule has 1 rings (SSSR count). The maximum atomic E-state index is 12.4. The van der Waals surface area contributed by atoms with E-state index in [1.807, 2.05) is 0 Å². The number of hydrogen-bond acceptors (Lipinski definition) is 2. The zero-order valence-corrected chi connectivity index (χ0v) is 8.18. The molecule has 0 saturated heterocycles. The number of carbonyl (C=O) groups excluding carboxylic acids is 1. The lowest BCUT2D eigenvalue weighted by atomic mass is 10.0. The molecule has 15 heavy (non-hydrogen) atoms. The zero-order valence-electron chi connectivity index (χ0n) is 8.18. The summed E-state index contributed by atoms with van der Waals surface area (Å²) in [5, 5.41) is 0. The van der Waals surface area contributed by atoms with Gasteiger partial charge in [0.15, 0.2) is 0 Å². The highest BCUT2D eigenvalue weighted by Crippen LogP contribution is 2.32. The maximum absolute atomic E-state index is 12.4. The van der Waals surface area contributed by atoms with E-state index in [0.717, 1.165) is 13.2 Å². The largest absolute Gasteiger partial charge is 0.465 e. The molecule has 0 aromatic heterocycles. The molecule has 1 aromatic carbocycles. The van der Waals surface area contributed by atoms with E-state index >= 15 is 0 Å². The van der Waals surface area contributed by atoms with Crippen LogP contribution < -0.4 is 0 Å². The number of alkyl halides is 3. The Labute approximate surface area is 84.7 Å². The number of halogens is 3. The first kappa shape index (κ1) is 11.6. The lowest BCUT2D eigenvalue weighted by Crippen LogP contribution is -2.12. The molecule has 0 aliphatic heterocycles. The predicted molar refractivity (Wildman–Crippen MR) is 47.5 cm³/mol. The Kier molecular flexibility index (Phi) is 3.02. The number of methoxy groups -OCH3 is 1. The van der Waals surface area contributed by atoms with Gasteiger partial charge in [0.25, 0.3) is 0 Å². The van der Waals surface area contributed by atoms with Crippen molar-refractivity contribution in [2.75, 3.05) is 7.11 Å². The number of ether oxygens (including phenoxy) is 1. The molecule has 0 bridgehead atoms. The molecule has 0 aliphatic rings. The molecule has 0 fully saturated rings. The van der Waals surface area contributed by atoms with Crippen LogP contribution in [0, 0.1) is 6.92 Å². The summed E-state index contributed by atoms with van der Waals surface area (Å²) in [5.41, 5.74) is -0.991. The summed E-state index contributed by atoms with van der Waals surface area (Å²) in [5.74, 6) is -0.765. The molecular formula is C10H9F3O2. The van der Waals surface area contributed by atoms with Gasteiger partial charge in [0, 0.05) is 0 Å². The number of rotatable bonds is 1. The highest BCUT2D eigenvalue weighted by atomic mass is 19.4. The topological polar surface area (TPSA) is 26.3 Å². The fourth-order valence-corrected chi connectivity index (χ4v) is 1.27. The summed E-state index contributed by atoms with van der Waals surface area (Å²) in [6.07, 6.45) is -4.45. The van der Waals surface area contributed by atoms with E-state index in [1.54, 1.807) is 0 Å². The summed E-state index contributed by atoms with van der Waals surface area (Å²) in [4.78, 5) is 11.1. The van der Waals surface area contributed by atoms with E-state index < -0.39 is 17.7 Å². The second-order valence-electron chi connectivity index (χ2n) is 2.97. The van der Waals surface area contributed by atoms with E-state index in [0.29, 0.717) is 0 Å². The number of esters is 1. The van der Waals surface area contributed by atoms with Gasteiger partial charge >= 0.3 is 12.1 Å². The Morgan fingerprint density at radius 1 is 1.33 bits per heavy atom. The molecule has 0 radical (unpaired) electrons. The van der Waals surface area contributed by atoms with Gasteiger partial charge in [-0.2, -0.15) is 13.2 Å². The quantitative estimate of drug-likeness (QED) is 0.677. The van der Waals surface area contributed by atoms with E-state index in [2.05, 4.69) is 4.74 Å². The summed E-state index contributed by atoms with van der Waals surface area (Å²) in [6.45, 7) is 1.25. The number of carbonyl (C=O) groups is 1. The van der Waals surface area contributed by atoms with Crippen LogP contribution in [0.25, 0.3) is 0 Å². The van der Waals surface area contributed by atoms with Crippen molar-refractivity contribution in [3.63, 3.8) is 0 Å². The summed E-state index contributed by atoms with van der Waals surface area (Å²) >= 11 is 0. The lowest BCUT2D eigenvalue weighted by Gasteiger charge is -2.12. The van der Waals surface area contributed by atoms with Crippen LogP contribution in [0.3, 0.4) is 0 Å². The maximum Gasteiger partial charge on any atom is 0.416 e. The van der Waals surface area contributed by atoms with Crippen LogP contribution in [0.5, 0.6) is 0 Å². The van der Waals surface area contributed by atoms with Gasteiger partial charge in [-0.3, -0.25) is 0 Å². The average molecular weight is 218 g/mol. The van der Waals surface area contributed by atoms with Crippen LogP contribution in [-0.4, -0.2) is 13.1 Å². The molecule has 1 aromatic rings. The Hall–Kier alpha value is -1.52. The van der Waals surface area contributed by atoms with Crippen LogP contribution in [0.15, 0.2) is 18.2 Å². The Morgan fingerprint density at radius 2 is 1.93 bits per heavy atom. The number of hydrogen-bond donors (Lipinski definition) is 0. The van der Waals surface area contributed by atoms with E-state index in [4.69, 9.17) is 0 Å². The minimum absolute atomic E-state index is 0.0627. The fraction of sp³-hybridized carbons (Fsp3) is 0.300. The molecule has 0 N–H and O–H groups in total. The minimum Gasteiger partial charge on any atom is -0.465 e. The molecule has 0 saturated carbocycles. The van der Waals surface area contributed by atoms with Gasteiger partial charge in [0.2, 0.25) is 0 Å². The van der Waals surface area contributed by atoms with Crippen LogP contribution in [-0.2, 0) is 10.9 Å². The lowest BCUT2D eigenvalue weighted by molar-refractivity contribution is -0.138. The SMILES string of the molecule is COC(=O)c1cccc(C(F)(F)F)c1C. The van der Waals surface area contributed by atoms with Gasteiger partial charge in [-0.1, -0.05) is 6.07 Å². The molecule has 2 nitrogen and oxygen atoms in total. The van der Waals surface area contributed by atoms with Crippen molar-refractivity contribution in [1.29, 1.82) is 0 Å². The van der Waals surface area contributed by atoms with E-state index in [9.17, 15) is 18.0 Å². The molecular weight excluding hydrogens is 209 g/mol. The Bertz CT molecular complexity index is 383. The normalized spacial score (nSPS) is 11.3. The molecule has 0 unspecified atom stereocenters. The second kappa shape index (κ2) is 3.92. The Morgan fingerprint density at radius 3 is 2.40 bits per heavy atom. The molecule has 0 amide bonds. The minimum atomic E-state index is -4.45. The molecule has 0 atom stereocenters. The van der Waals surface area contributed by atoms with Crippen molar-refractivity contribution in [2.45, 2.75) is 13.1 Å². The van der Waals surface area contributed by atoms with Gasteiger partial charge in [-0.15, -0.1) is 0 Å². The van der Waals surface area contributed by atoms with Gasteiger partial charge in [0.05, 0.1) is 18.2 Å². The highest BCUT2D eigenvalue weighted by molar-refractivity contribution is 5.91. The average Bonchev–Trinajstić information content (AvgIpc) is 2.15. The third-order valence-electron chi connectivity index (χ3n) is 2.04. The van der Waals surface area contributed by atoms with Crippen molar-refractivity contribution in [2.24, 2.45) is 0 Å². The first-order valence-electron chi connectivity index (χ1n) is 4.13. The summed E-state index contributed by atoms with van der Waals surface area (Å²) in [6, 6.07) is 3.42. The summed E-state index contributed by atoms with van der Waals surface area (Å²) in [7, 11) is 1.13. The first-order chi connectivity index (χ1) is 6.88. The molecule has 5 heteroatoms. The van der Waals surface area contributed by atoms with Gasteiger partial charge in [-0.25, -0.2) is 4.79 Å². The highest BCUT2D eigenvalue weighted by Gasteiger charge is 2.33. The first-order valence-corrected chi connectivity index (χ1v) is 4.13. The van der Waals surface area contributed by atoms with Crippen LogP contribution >= 0.6 is 0 Å². The molecule has 0 heterocycles. The molecule has 82 valence electrons.